The number of carbonyl (C=O) groups excluding carboxylic acids is 1. The number of hydrogen-bond acceptors (Lipinski definition) is 3. The molecule has 0 heterocycles. The van der Waals surface area contributed by atoms with Crippen LogP contribution in [0.5, 0.6) is 5.75 Å². The van der Waals surface area contributed by atoms with Gasteiger partial charge in [-0.3, -0.25) is 4.79 Å². The van der Waals surface area contributed by atoms with E-state index in [1.165, 1.54) is 12.1 Å². The molecule has 1 rings (SSSR count). The van der Waals surface area contributed by atoms with E-state index in [9.17, 15) is 9.18 Å². The number of halogens is 1. The lowest BCUT2D eigenvalue weighted by molar-refractivity contribution is -0.123. The monoisotopic (exact) mass is 268 g/mol. The summed E-state index contributed by atoms with van der Waals surface area (Å²) in [7, 11) is 0. The van der Waals surface area contributed by atoms with Gasteiger partial charge in [0.05, 0.1) is 12.6 Å². The van der Waals surface area contributed by atoms with Crippen molar-refractivity contribution in [3.8, 4) is 5.75 Å². The zero-order chi connectivity index (χ0) is 14.3. The van der Waals surface area contributed by atoms with E-state index in [2.05, 4.69) is 5.32 Å². The fourth-order valence-corrected chi connectivity index (χ4v) is 1.53. The molecule has 0 fully saturated rings. The van der Waals surface area contributed by atoms with Crippen LogP contribution >= 0.6 is 0 Å². The summed E-state index contributed by atoms with van der Waals surface area (Å²) in [5.41, 5.74) is 5.78. The summed E-state index contributed by atoms with van der Waals surface area (Å²) in [5, 5.41) is 2.70. The van der Waals surface area contributed by atoms with Gasteiger partial charge in [0.25, 0.3) is 0 Å². The molecular weight excluding hydrogens is 247 g/mol. The average Bonchev–Trinajstić information content (AvgIpc) is 2.41. The number of ether oxygens (including phenoxy) is 1. The maximum atomic E-state index is 12.9. The molecule has 0 saturated carbocycles. The lowest BCUT2D eigenvalue weighted by atomic mass is 9.99. The SMILES string of the molecule is CCC(C)[C@H](N)C(=O)NCCOc1cccc(F)c1. The van der Waals surface area contributed by atoms with Crippen molar-refractivity contribution in [3.05, 3.63) is 30.1 Å². The normalized spacial score (nSPS) is 13.7. The number of amides is 1. The van der Waals surface area contributed by atoms with Gasteiger partial charge in [0, 0.05) is 6.07 Å². The summed E-state index contributed by atoms with van der Waals surface area (Å²) < 4.78 is 18.2. The highest BCUT2D eigenvalue weighted by atomic mass is 19.1. The summed E-state index contributed by atoms with van der Waals surface area (Å²) >= 11 is 0. The van der Waals surface area contributed by atoms with Gasteiger partial charge in [0.15, 0.2) is 0 Å². The number of nitrogens with two attached hydrogens (primary N) is 1. The molecule has 5 heteroatoms. The highest BCUT2D eigenvalue weighted by Gasteiger charge is 2.18. The molecule has 2 atom stereocenters. The zero-order valence-electron chi connectivity index (χ0n) is 11.4. The van der Waals surface area contributed by atoms with Crippen molar-refractivity contribution in [2.45, 2.75) is 26.3 Å². The molecule has 0 spiro atoms. The van der Waals surface area contributed by atoms with E-state index in [0.29, 0.717) is 12.3 Å². The fourth-order valence-electron chi connectivity index (χ4n) is 1.53. The second kappa shape index (κ2) is 7.74. The first-order valence-electron chi connectivity index (χ1n) is 6.46. The molecule has 0 aliphatic heterocycles. The van der Waals surface area contributed by atoms with Gasteiger partial charge in [-0.05, 0) is 18.1 Å². The summed E-state index contributed by atoms with van der Waals surface area (Å²) in [4.78, 5) is 11.7. The van der Waals surface area contributed by atoms with E-state index in [1.54, 1.807) is 12.1 Å². The summed E-state index contributed by atoms with van der Waals surface area (Å²) in [6.45, 7) is 4.56. The standard InChI is InChI=1S/C14H21FN2O2/c1-3-10(2)13(16)14(18)17-7-8-19-12-6-4-5-11(15)9-12/h4-6,9-10,13H,3,7-8,16H2,1-2H3,(H,17,18)/t10?,13-/m0/s1. The topological polar surface area (TPSA) is 64.4 Å². The van der Waals surface area contributed by atoms with Crippen molar-refractivity contribution in [1.29, 1.82) is 0 Å². The Hall–Kier alpha value is -1.62. The first kappa shape index (κ1) is 15.4. The molecule has 19 heavy (non-hydrogen) atoms. The first-order chi connectivity index (χ1) is 9.04. The quantitative estimate of drug-likeness (QED) is 0.740. The number of rotatable bonds is 7. The molecule has 0 aliphatic carbocycles. The van der Waals surface area contributed by atoms with Crippen molar-refractivity contribution >= 4 is 5.91 Å². The summed E-state index contributed by atoms with van der Waals surface area (Å²) in [6, 6.07) is 5.38. The molecular formula is C14H21FN2O2. The molecule has 106 valence electrons. The third-order valence-electron chi connectivity index (χ3n) is 3.03. The van der Waals surface area contributed by atoms with E-state index < -0.39 is 6.04 Å². The first-order valence-corrected chi connectivity index (χ1v) is 6.46. The molecule has 3 N–H and O–H groups in total. The minimum atomic E-state index is -0.501. The third kappa shape index (κ3) is 5.26. The Morgan fingerprint density at radius 3 is 2.89 bits per heavy atom. The van der Waals surface area contributed by atoms with Gasteiger partial charge in [0.1, 0.15) is 18.2 Å². The molecule has 0 aromatic heterocycles. The van der Waals surface area contributed by atoms with Crippen molar-refractivity contribution in [3.63, 3.8) is 0 Å². The second-order valence-electron chi connectivity index (χ2n) is 4.51. The van der Waals surface area contributed by atoms with Crippen LogP contribution in [-0.2, 0) is 4.79 Å². The third-order valence-corrected chi connectivity index (χ3v) is 3.03. The van der Waals surface area contributed by atoms with Crippen LogP contribution in [0.3, 0.4) is 0 Å². The van der Waals surface area contributed by atoms with Crippen LogP contribution in [0.1, 0.15) is 20.3 Å². The van der Waals surface area contributed by atoms with Crippen molar-refractivity contribution < 1.29 is 13.9 Å². The largest absolute Gasteiger partial charge is 0.492 e. The van der Waals surface area contributed by atoms with Gasteiger partial charge >= 0.3 is 0 Å². The van der Waals surface area contributed by atoms with Crippen molar-refractivity contribution in [1.82, 2.24) is 5.32 Å². The molecule has 1 aromatic rings. The molecule has 0 saturated heterocycles. The Balaban J connectivity index is 2.26. The van der Waals surface area contributed by atoms with E-state index in [1.807, 2.05) is 13.8 Å². The predicted molar refractivity (Wildman–Crippen MR) is 72.3 cm³/mol. The highest BCUT2D eigenvalue weighted by molar-refractivity contribution is 5.81. The van der Waals surface area contributed by atoms with Gasteiger partial charge in [-0.15, -0.1) is 0 Å². The summed E-state index contributed by atoms with van der Waals surface area (Å²) in [6.07, 6.45) is 0.856. The number of benzene rings is 1. The van der Waals surface area contributed by atoms with Crippen LogP contribution in [0.25, 0.3) is 0 Å². The average molecular weight is 268 g/mol. The number of nitrogens with one attached hydrogen (secondary N) is 1. The van der Waals surface area contributed by atoms with E-state index in [4.69, 9.17) is 10.5 Å². The lowest BCUT2D eigenvalue weighted by Crippen LogP contribution is -2.45. The van der Waals surface area contributed by atoms with E-state index in [0.717, 1.165) is 6.42 Å². The zero-order valence-corrected chi connectivity index (χ0v) is 11.4. The van der Waals surface area contributed by atoms with Crippen LogP contribution in [-0.4, -0.2) is 25.1 Å². The Labute approximate surface area is 113 Å². The molecule has 1 aromatic carbocycles. The van der Waals surface area contributed by atoms with Crippen LogP contribution in [0.15, 0.2) is 24.3 Å². The molecule has 0 aliphatic rings. The highest BCUT2D eigenvalue weighted by Crippen LogP contribution is 2.11. The maximum Gasteiger partial charge on any atom is 0.237 e. The smallest absolute Gasteiger partial charge is 0.237 e. The minimum absolute atomic E-state index is 0.143. The van der Waals surface area contributed by atoms with Gasteiger partial charge in [-0.2, -0.15) is 0 Å². The maximum absolute atomic E-state index is 12.9. The lowest BCUT2D eigenvalue weighted by Gasteiger charge is -2.17. The molecule has 1 amide bonds. The predicted octanol–water partition coefficient (Wildman–Crippen LogP) is 1.69. The van der Waals surface area contributed by atoms with Crippen LogP contribution in [0.4, 0.5) is 4.39 Å². The van der Waals surface area contributed by atoms with Gasteiger partial charge in [0.2, 0.25) is 5.91 Å². The van der Waals surface area contributed by atoms with Crippen LogP contribution in [0, 0.1) is 11.7 Å². The molecule has 4 nitrogen and oxygen atoms in total. The Morgan fingerprint density at radius 2 is 2.26 bits per heavy atom. The number of hydrogen-bond donors (Lipinski definition) is 2. The van der Waals surface area contributed by atoms with Gasteiger partial charge in [-0.25, -0.2) is 4.39 Å². The molecule has 0 bridgehead atoms. The van der Waals surface area contributed by atoms with Gasteiger partial charge in [-0.1, -0.05) is 26.3 Å². The summed E-state index contributed by atoms with van der Waals surface area (Å²) in [5.74, 6) is 0.0575. The molecule has 1 unspecified atom stereocenters. The van der Waals surface area contributed by atoms with Crippen molar-refractivity contribution in [2.24, 2.45) is 11.7 Å². The van der Waals surface area contributed by atoms with Crippen LogP contribution in [0.2, 0.25) is 0 Å². The Bertz CT molecular complexity index is 412. The fraction of sp³-hybridized carbons (Fsp3) is 0.500. The van der Waals surface area contributed by atoms with Crippen LogP contribution < -0.4 is 15.8 Å². The Kier molecular flexibility index (Phi) is 6.29. The minimum Gasteiger partial charge on any atom is -0.492 e. The second-order valence-corrected chi connectivity index (χ2v) is 4.51. The van der Waals surface area contributed by atoms with E-state index in [-0.39, 0.29) is 24.2 Å². The van der Waals surface area contributed by atoms with E-state index >= 15 is 0 Å². The van der Waals surface area contributed by atoms with Gasteiger partial charge < -0.3 is 15.8 Å². The van der Waals surface area contributed by atoms with Crippen molar-refractivity contribution in [2.75, 3.05) is 13.2 Å². The number of carbonyl (C=O) groups is 1. The molecule has 0 radical (unpaired) electrons. The Morgan fingerprint density at radius 1 is 1.53 bits per heavy atom.